The Hall–Kier alpha value is -2.99. The van der Waals surface area contributed by atoms with E-state index in [1.54, 1.807) is 12.3 Å². The summed E-state index contributed by atoms with van der Waals surface area (Å²) >= 11 is 3.44. The summed E-state index contributed by atoms with van der Waals surface area (Å²) in [6.45, 7) is 4.14. The molecule has 146 valence electrons. The summed E-state index contributed by atoms with van der Waals surface area (Å²) in [7, 11) is 0. The van der Waals surface area contributed by atoms with Crippen LogP contribution in [0.15, 0.2) is 75.2 Å². The Labute approximate surface area is 177 Å². The predicted molar refractivity (Wildman–Crippen MR) is 121 cm³/mol. The lowest BCUT2D eigenvalue weighted by Gasteiger charge is -2.11. The number of hydrogen-bond acceptors (Lipinski definition) is 3. The average molecular weight is 449 g/mol. The molecule has 2 aromatic heterocycles. The Kier molecular flexibility index (Phi) is 5.45. The molecule has 29 heavy (non-hydrogen) atoms. The van der Waals surface area contributed by atoms with Crippen molar-refractivity contribution in [3.8, 4) is 5.69 Å². The van der Waals surface area contributed by atoms with Gasteiger partial charge in [0.2, 0.25) is 0 Å². The number of hydrogen-bond donors (Lipinski definition) is 0. The first kappa shape index (κ1) is 19.3. The smallest absolute Gasteiger partial charge is 0.282 e. The van der Waals surface area contributed by atoms with Crippen LogP contribution in [-0.4, -0.2) is 20.4 Å². The normalized spacial score (nSPS) is 11.6. The number of nitrogens with zero attached hydrogens (tertiary/aromatic N) is 4. The van der Waals surface area contributed by atoms with Crippen LogP contribution in [0.3, 0.4) is 0 Å². The molecule has 0 spiro atoms. The van der Waals surface area contributed by atoms with E-state index in [1.165, 1.54) is 10.2 Å². The van der Waals surface area contributed by atoms with Gasteiger partial charge in [-0.2, -0.15) is 9.78 Å². The molecule has 0 amide bonds. The minimum atomic E-state index is -0.162. The Balaban J connectivity index is 1.83. The van der Waals surface area contributed by atoms with Crippen LogP contribution in [0.1, 0.15) is 30.4 Å². The number of para-hydroxylation sites is 1. The van der Waals surface area contributed by atoms with E-state index in [0.717, 1.165) is 22.3 Å². The highest BCUT2D eigenvalue weighted by Crippen LogP contribution is 2.18. The van der Waals surface area contributed by atoms with Gasteiger partial charge in [-0.05, 0) is 55.3 Å². The molecule has 0 N–H and O–H groups in total. The summed E-state index contributed by atoms with van der Waals surface area (Å²) in [4.78, 5) is 17.8. The van der Waals surface area contributed by atoms with Crippen molar-refractivity contribution in [2.75, 3.05) is 0 Å². The average Bonchev–Trinajstić information content (AvgIpc) is 3.17. The van der Waals surface area contributed by atoms with Gasteiger partial charge in [-0.15, -0.1) is 0 Å². The van der Waals surface area contributed by atoms with Gasteiger partial charge in [0.1, 0.15) is 5.82 Å². The second kappa shape index (κ2) is 8.17. The van der Waals surface area contributed by atoms with Gasteiger partial charge < -0.3 is 4.57 Å². The Bertz CT molecular complexity index is 1270. The standard InChI is InChI=1S/C23H21BrN4O/c1-3-7-22-26-20-12-11-17(24)14-19(20)23(29)28(22)25-15-18-9-6-13-27(18)21-10-5-4-8-16(21)2/h4-6,8-15H,3,7H2,1-2H3. The molecule has 0 radical (unpaired) electrons. The number of benzene rings is 2. The highest BCUT2D eigenvalue weighted by Gasteiger charge is 2.11. The molecule has 4 aromatic rings. The molecule has 0 saturated carbocycles. The van der Waals surface area contributed by atoms with Crippen LogP contribution in [0.25, 0.3) is 16.6 Å². The van der Waals surface area contributed by atoms with Gasteiger partial charge in [0, 0.05) is 22.8 Å². The molecule has 0 aliphatic carbocycles. The van der Waals surface area contributed by atoms with Crippen molar-refractivity contribution in [2.24, 2.45) is 5.10 Å². The van der Waals surface area contributed by atoms with E-state index in [1.807, 2.05) is 42.6 Å². The lowest BCUT2D eigenvalue weighted by molar-refractivity contribution is 0.703. The molecule has 2 aromatic carbocycles. The van der Waals surface area contributed by atoms with Gasteiger partial charge in [0.25, 0.3) is 5.56 Å². The van der Waals surface area contributed by atoms with Crippen molar-refractivity contribution in [3.05, 3.63) is 92.7 Å². The summed E-state index contributed by atoms with van der Waals surface area (Å²) in [5.74, 6) is 0.664. The van der Waals surface area contributed by atoms with Crippen molar-refractivity contribution in [1.82, 2.24) is 14.2 Å². The van der Waals surface area contributed by atoms with E-state index in [9.17, 15) is 4.79 Å². The molecule has 0 aliphatic heterocycles. The highest BCUT2D eigenvalue weighted by atomic mass is 79.9. The molecule has 0 bridgehead atoms. The van der Waals surface area contributed by atoms with Crippen molar-refractivity contribution < 1.29 is 0 Å². The summed E-state index contributed by atoms with van der Waals surface area (Å²) in [5, 5.41) is 5.09. The third-order valence-corrected chi connectivity index (χ3v) is 5.30. The molecule has 0 saturated heterocycles. The van der Waals surface area contributed by atoms with Gasteiger partial charge in [-0.1, -0.05) is 41.1 Å². The number of aromatic nitrogens is 3. The van der Waals surface area contributed by atoms with Gasteiger partial charge >= 0.3 is 0 Å². The lowest BCUT2D eigenvalue weighted by Crippen LogP contribution is -2.22. The maximum absolute atomic E-state index is 13.1. The topological polar surface area (TPSA) is 52.2 Å². The second-order valence-electron chi connectivity index (χ2n) is 6.89. The summed E-state index contributed by atoms with van der Waals surface area (Å²) < 4.78 is 4.33. The zero-order chi connectivity index (χ0) is 20.4. The summed E-state index contributed by atoms with van der Waals surface area (Å²) in [6.07, 6.45) is 5.27. The lowest BCUT2D eigenvalue weighted by atomic mass is 10.2. The maximum atomic E-state index is 13.1. The molecule has 0 fully saturated rings. The van der Waals surface area contributed by atoms with E-state index in [-0.39, 0.29) is 5.56 Å². The van der Waals surface area contributed by atoms with Crippen LogP contribution in [-0.2, 0) is 6.42 Å². The second-order valence-corrected chi connectivity index (χ2v) is 7.81. The van der Waals surface area contributed by atoms with Gasteiger partial charge in [-0.25, -0.2) is 4.98 Å². The number of rotatable bonds is 5. The van der Waals surface area contributed by atoms with Crippen LogP contribution in [0.2, 0.25) is 0 Å². The third-order valence-electron chi connectivity index (χ3n) is 4.81. The zero-order valence-corrected chi connectivity index (χ0v) is 17.9. The minimum Gasteiger partial charge on any atom is -0.315 e. The highest BCUT2D eigenvalue weighted by molar-refractivity contribution is 9.10. The van der Waals surface area contributed by atoms with Gasteiger partial charge in [-0.3, -0.25) is 4.79 Å². The quantitative estimate of drug-likeness (QED) is 0.399. The molecule has 0 atom stereocenters. The molecule has 0 aliphatic rings. The molecule has 0 unspecified atom stereocenters. The van der Waals surface area contributed by atoms with Crippen LogP contribution in [0.5, 0.6) is 0 Å². The van der Waals surface area contributed by atoms with Crippen LogP contribution >= 0.6 is 15.9 Å². The van der Waals surface area contributed by atoms with Crippen LogP contribution in [0.4, 0.5) is 0 Å². The SMILES string of the molecule is CCCc1nc2ccc(Br)cc2c(=O)n1N=Cc1cccn1-c1ccccc1C. The molecule has 4 rings (SSSR count). The molecule has 5 nitrogen and oxygen atoms in total. The minimum absolute atomic E-state index is 0.162. The van der Waals surface area contributed by atoms with Crippen molar-refractivity contribution in [2.45, 2.75) is 26.7 Å². The van der Waals surface area contributed by atoms with Crippen LogP contribution < -0.4 is 5.56 Å². The van der Waals surface area contributed by atoms with E-state index in [0.29, 0.717) is 23.1 Å². The first-order valence-corrected chi connectivity index (χ1v) is 10.4. The maximum Gasteiger partial charge on any atom is 0.282 e. The fourth-order valence-corrected chi connectivity index (χ4v) is 3.73. The first-order chi connectivity index (χ1) is 14.1. The van der Waals surface area contributed by atoms with Gasteiger partial charge in [0.05, 0.1) is 22.8 Å². The number of halogens is 1. The fraction of sp³-hybridized carbons (Fsp3) is 0.174. The third kappa shape index (κ3) is 3.80. The Morgan fingerprint density at radius 3 is 2.76 bits per heavy atom. The molecule has 2 heterocycles. The summed E-state index contributed by atoms with van der Waals surface area (Å²) in [5.41, 5.74) is 3.67. The Morgan fingerprint density at radius 2 is 1.97 bits per heavy atom. The largest absolute Gasteiger partial charge is 0.315 e. The van der Waals surface area contributed by atoms with E-state index < -0.39 is 0 Å². The Morgan fingerprint density at radius 1 is 1.14 bits per heavy atom. The van der Waals surface area contributed by atoms with Crippen molar-refractivity contribution >= 4 is 33.0 Å². The first-order valence-electron chi connectivity index (χ1n) is 9.57. The van der Waals surface area contributed by atoms with E-state index >= 15 is 0 Å². The van der Waals surface area contributed by atoms with Crippen LogP contribution in [0, 0.1) is 6.92 Å². The zero-order valence-electron chi connectivity index (χ0n) is 16.3. The molecule has 6 heteroatoms. The van der Waals surface area contributed by atoms with Crippen molar-refractivity contribution in [1.29, 1.82) is 0 Å². The van der Waals surface area contributed by atoms with E-state index in [4.69, 9.17) is 0 Å². The fourth-order valence-electron chi connectivity index (χ4n) is 3.37. The number of aryl methyl sites for hydroxylation is 2. The molecular formula is C23H21BrN4O. The monoisotopic (exact) mass is 448 g/mol. The van der Waals surface area contributed by atoms with Gasteiger partial charge in [0.15, 0.2) is 0 Å². The summed E-state index contributed by atoms with van der Waals surface area (Å²) in [6, 6.07) is 17.7. The number of fused-ring (bicyclic) bond motifs is 1. The van der Waals surface area contributed by atoms with E-state index in [2.05, 4.69) is 56.6 Å². The molecular weight excluding hydrogens is 428 g/mol. The van der Waals surface area contributed by atoms with Crippen molar-refractivity contribution in [3.63, 3.8) is 0 Å². The predicted octanol–water partition coefficient (Wildman–Crippen LogP) is 5.09.